The Kier molecular flexibility index (Phi) is 10.3. The van der Waals surface area contributed by atoms with Crippen molar-refractivity contribution in [2.24, 2.45) is 0 Å². The van der Waals surface area contributed by atoms with Gasteiger partial charge in [0.25, 0.3) is 0 Å². The highest BCUT2D eigenvalue weighted by Gasteiger charge is 2.52. The molecular weight excluding hydrogens is 366 g/mol. The maximum absolute atomic E-state index is 12.7. The zero-order chi connectivity index (χ0) is 20.2. The SMILES string of the molecule is CCCCCCCCCCCC[N+]1(SC(C)c2ccccc2)C(=O)CCC1=O. The summed E-state index contributed by atoms with van der Waals surface area (Å²) < 4.78 is 0.00702. The maximum Gasteiger partial charge on any atom is 0.333 e. The van der Waals surface area contributed by atoms with Crippen molar-refractivity contribution in [1.29, 1.82) is 0 Å². The van der Waals surface area contributed by atoms with E-state index in [4.69, 9.17) is 0 Å². The average molecular weight is 405 g/mol. The zero-order valence-corrected chi connectivity index (χ0v) is 18.6. The number of likely N-dealkylation sites (tertiary alicyclic amines) is 1. The molecule has 28 heavy (non-hydrogen) atoms. The number of rotatable bonds is 14. The van der Waals surface area contributed by atoms with Crippen molar-refractivity contribution in [3.05, 3.63) is 35.9 Å². The molecule has 2 amide bonds. The Balaban J connectivity index is 1.77. The Bertz CT molecular complexity index is 586. The normalized spacial score (nSPS) is 17.2. The molecule has 1 aromatic carbocycles. The first-order chi connectivity index (χ1) is 13.6. The van der Waals surface area contributed by atoms with E-state index in [1.54, 1.807) is 11.9 Å². The fourth-order valence-electron chi connectivity index (χ4n) is 4.01. The summed E-state index contributed by atoms with van der Waals surface area (Å²) in [6.45, 7) is 5.03. The second kappa shape index (κ2) is 12.4. The van der Waals surface area contributed by atoms with E-state index < -0.39 is 0 Å². The lowest BCUT2D eigenvalue weighted by Crippen LogP contribution is -2.47. The molecule has 1 fully saturated rings. The maximum atomic E-state index is 12.7. The minimum absolute atomic E-state index is 0.00702. The van der Waals surface area contributed by atoms with Gasteiger partial charge in [0.05, 0.1) is 30.0 Å². The molecule has 2 rings (SSSR count). The minimum atomic E-state index is 0.00702. The van der Waals surface area contributed by atoms with Gasteiger partial charge in [-0.25, -0.2) is 9.59 Å². The van der Waals surface area contributed by atoms with Crippen LogP contribution >= 0.6 is 11.9 Å². The molecular formula is C24H38NO2S+. The molecule has 1 atom stereocenters. The van der Waals surface area contributed by atoms with Crippen molar-refractivity contribution in [2.45, 2.75) is 96.1 Å². The average Bonchev–Trinajstić information content (AvgIpc) is 2.98. The smallest absolute Gasteiger partial charge is 0.229 e. The molecule has 1 heterocycles. The summed E-state index contributed by atoms with van der Waals surface area (Å²) in [5.41, 5.74) is 1.18. The second-order valence-corrected chi connectivity index (χ2v) is 9.63. The summed E-state index contributed by atoms with van der Waals surface area (Å²) in [4.78, 5) is 25.4. The standard InChI is InChI=1S/C24H38NO2S/c1-3-4-5-6-7-8-9-10-11-15-20-25(23(26)18-19-24(25)27)28-21(2)22-16-13-12-14-17-22/h12-14,16-17,21H,3-11,15,18-20H2,1-2H3/q+1. The van der Waals surface area contributed by atoms with Gasteiger partial charge in [0.15, 0.2) is 0 Å². The van der Waals surface area contributed by atoms with Crippen molar-refractivity contribution in [2.75, 3.05) is 6.54 Å². The van der Waals surface area contributed by atoms with Crippen molar-refractivity contribution in [3.8, 4) is 0 Å². The van der Waals surface area contributed by atoms with E-state index in [1.807, 2.05) is 18.2 Å². The lowest BCUT2D eigenvalue weighted by atomic mass is 10.1. The molecule has 0 radical (unpaired) electrons. The number of carbonyl (C=O) groups is 2. The molecule has 1 aromatic rings. The fourth-order valence-corrected chi connectivity index (χ4v) is 5.48. The first-order valence-corrected chi connectivity index (χ1v) is 12.1. The zero-order valence-electron chi connectivity index (χ0n) is 17.8. The van der Waals surface area contributed by atoms with Gasteiger partial charge < -0.3 is 0 Å². The van der Waals surface area contributed by atoms with Gasteiger partial charge >= 0.3 is 11.8 Å². The van der Waals surface area contributed by atoms with Crippen LogP contribution in [-0.2, 0) is 9.59 Å². The first-order valence-electron chi connectivity index (χ1n) is 11.3. The van der Waals surface area contributed by atoms with Gasteiger partial charge in [0.2, 0.25) is 0 Å². The van der Waals surface area contributed by atoms with Crippen LogP contribution in [0.4, 0.5) is 0 Å². The van der Waals surface area contributed by atoms with E-state index in [9.17, 15) is 9.59 Å². The number of carbonyl (C=O) groups excluding carboxylic acids is 2. The van der Waals surface area contributed by atoms with Gasteiger partial charge in [-0.1, -0.05) is 88.6 Å². The van der Waals surface area contributed by atoms with E-state index in [2.05, 4.69) is 26.0 Å². The van der Waals surface area contributed by atoms with Gasteiger partial charge in [-0.3, -0.25) is 0 Å². The highest BCUT2D eigenvalue weighted by Crippen LogP contribution is 2.42. The number of quaternary nitrogens is 1. The van der Waals surface area contributed by atoms with Gasteiger partial charge in [-0.05, 0) is 25.3 Å². The van der Waals surface area contributed by atoms with E-state index in [0.29, 0.717) is 19.4 Å². The van der Waals surface area contributed by atoms with Crippen molar-refractivity contribution < 1.29 is 13.5 Å². The lowest BCUT2D eigenvalue weighted by Gasteiger charge is -2.28. The third-order valence-corrected chi connectivity index (χ3v) is 7.33. The Morgan fingerprint density at radius 2 is 1.32 bits per heavy atom. The van der Waals surface area contributed by atoms with Crippen LogP contribution in [0, 0.1) is 0 Å². The van der Waals surface area contributed by atoms with Crippen LogP contribution in [0.3, 0.4) is 0 Å². The molecule has 1 unspecified atom stereocenters. The van der Waals surface area contributed by atoms with Crippen LogP contribution in [0.5, 0.6) is 0 Å². The molecule has 0 saturated carbocycles. The minimum Gasteiger partial charge on any atom is -0.229 e. The Hall–Kier alpha value is -1.13. The summed E-state index contributed by atoms with van der Waals surface area (Å²) in [5, 5.41) is 0.135. The highest BCUT2D eigenvalue weighted by molar-refractivity contribution is 7.94. The predicted octanol–water partition coefficient (Wildman–Crippen LogP) is 6.98. The molecule has 0 spiro atoms. The lowest BCUT2D eigenvalue weighted by molar-refractivity contribution is -0.631. The highest BCUT2D eigenvalue weighted by atomic mass is 32.2. The van der Waals surface area contributed by atoms with Crippen LogP contribution in [-0.4, -0.2) is 22.2 Å². The molecule has 3 nitrogen and oxygen atoms in total. The predicted molar refractivity (Wildman–Crippen MR) is 119 cm³/mol. The number of benzene rings is 1. The van der Waals surface area contributed by atoms with Gasteiger partial charge in [0, 0.05) is 0 Å². The topological polar surface area (TPSA) is 34.1 Å². The number of amides is 2. The Morgan fingerprint density at radius 3 is 1.86 bits per heavy atom. The molecule has 1 aliphatic rings. The number of unbranched alkanes of at least 4 members (excludes halogenated alkanes) is 9. The number of hydrogen-bond acceptors (Lipinski definition) is 3. The van der Waals surface area contributed by atoms with E-state index >= 15 is 0 Å². The van der Waals surface area contributed by atoms with E-state index in [-0.39, 0.29) is 21.0 Å². The van der Waals surface area contributed by atoms with Crippen molar-refractivity contribution >= 4 is 23.8 Å². The molecule has 0 aliphatic carbocycles. The Morgan fingerprint density at radius 1 is 0.821 bits per heavy atom. The van der Waals surface area contributed by atoms with Crippen LogP contribution in [0.1, 0.15) is 102 Å². The molecule has 0 bridgehead atoms. The van der Waals surface area contributed by atoms with Crippen molar-refractivity contribution in [3.63, 3.8) is 0 Å². The summed E-state index contributed by atoms with van der Waals surface area (Å²) >= 11 is 1.54. The van der Waals surface area contributed by atoms with Gasteiger partial charge in [0.1, 0.15) is 6.54 Å². The summed E-state index contributed by atoms with van der Waals surface area (Å²) in [6.07, 6.45) is 13.5. The summed E-state index contributed by atoms with van der Waals surface area (Å²) in [5.74, 6) is 0.211. The van der Waals surface area contributed by atoms with E-state index in [0.717, 1.165) is 12.8 Å². The number of imide groups is 1. The molecule has 0 aromatic heterocycles. The number of nitrogens with zero attached hydrogens (tertiary/aromatic N) is 1. The largest absolute Gasteiger partial charge is 0.333 e. The van der Waals surface area contributed by atoms with Crippen molar-refractivity contribution in [1.82, 2.24) is 0 Å². The first kappa shape index (κ1) is 23.2. The molecule has 1 saturated heterocycles. The molecule has 1 aliphatic heterocycles. The fraction of sp³-hybridized carbons (Fsp3) is 0.667. The summed E-state index contributed by atoms with van der Waals surface area (Å²) in [7, 11) is 0. The van der Waals surface area contributed by atoms with E-state index in [1.165, 1.54) is 56.9 Å². The van der Waals surface area contributed by atoms with Crippen LogP contribution < -0.4 is 0 Å². The quantitative estimate of drug-likeness (QED) is 0.145. The molecule has 156 valence electrons. The summed E-state index contributed by atoms with van der Waals surface area (Å²) in [6, 6.07) is 10.2. The monoisotopic (exact) mass is 404 g/mol. The van der Waals surface area contributed by atoms with Crippen LogP contribution in [0.15, 0.2) is 30.3 Å². The Labute approximate surface area is 176 Å². The second-order valence-electron chi connectivity index (χ2n) is 8.09. The third kappa shape index (κ3) is 6.73. The third-order valence-electron chi connectivity index (χ3n) is 5.79. The molecule has 0 N–H and O–H groups in total. The van der Waals surface area contributed by atoms with Gasteiger partial charge in [-0.2, -0.15) is 0 Å². The van der Waals surface area contributed by atoms with Crippen LogP contribution in [0.2, 0.25) is 0 Å². The van der Waals surface area contributed by atoms with Crippen LogP contribution in [0.25, 0.3) is 0 Å². The number of hydrogen-bond donors (Lipinski definition) is 0. The van der Waals surface area contributed by atoms with Gasteiger partial charge in [-0.15, -0.1) is 3.89 Å². The molecule has 4 heteroatoms.